The molecule has 3 heterocycles. The largest absolute Gasteiger partial charge is 0.491 e. The molecule has 0 radical (unpaired) electrons. The Kier molecular flexibility index (Phi) is 4.79. The van der Waals surface area contributed by atoms with Crippen LogP contribution in [-0.2, 0) is 6.54 Å². The fourth-order valence-electron chi connectivity index (χ4n) is 3.66. The maximum atomic E-state index is 12.9. The highest BCUT2D eigenvalue weighted by atomic mass is 16.5. The lowest BCUT2D eigenvalue weighted by Crippen LogP contribution is -2.32. The van der Waals surface area contributed by atoms with Crippen molar-refractivity contribution in [2.75, 3.05) is 26.2 Å². The summed E-state index contributed by atoms with van der Waals surface area (Å²) in [5.74, 6) is 0.727. The second kappa shape index (κ2) is 7.39. The molecule has 2 aromatic rings. The van der Waals surface area contributed by atoms with Crippen LogP contribution in [0.1, 0.15) is 44.7 Å². The number of ether oxygens (including phenoxy) is 1. The highest BCUT2D eigenvalue weighted by Gasteiger charge is 2.24. The molecule has 4 rings (SSSR count). The number of hydrogen-bond donors (Lipinski definition) is 0. The third-order valence-corrected chi connectivity index (χ3v) is 5.09. The van der Waals surface area contributed by atoms with E-state index in [0.29, 0.717) is 30.8 Å². The molecule has 2 amide bonds. The van der Waals surface area contributed by atoms with Crippen LogP contribution in [0.5, 0.6) is 5.75 Å². The number of carbonyl (C=O) groups is 2. The van der Waals surface area contributed by atoms with Crippen LogP contribution in [-0.4, -0.2) is 52.8 Å². The lowest BCUT2D eigenvalue weighted by atomic mass is 10.1. The molecule has 1 aromatic heterocycles. The smallest absolute Gasteiger partial charge is 0.255 e. The van der Waals surface area contributed by atoms with Crippen molar-refractivity contribution in [2.24, 2.45) is 0 Å². The van der Waals surface area contributed by atoms with Crippen molar-refractivity contribution in [1.29, 1.82) is 0 Å². The van der Waals surface area contributed by atoms with Gasteiger partial charge in [0, 0.05) is 43.2 Å². The van der Waals surface area contributed by atoms with Gasteiger partial charge in [0.1, 0.15) is 12.4 Å². The maximum Gasteiger partial charge on any atom is 0.255 e. The number of benzene rings is 1. The summed E-state index contributed by atoms with van der Waals surface area (Å²) in [5.41, 5.74) is 3.05. The van der Waals surface area contributed by atoms with Crippen molar-refractivity contribution in [2.45, 2.75) is 26.3 Å². The van der Waals surface area contributed by atoms with E-state index in [0.717, 1.165) is 42.8 Å². The first-order chi connectivity index (χ1) is 13.1. The number of nitrogens with zero attached hydrogens (tertiary/aromatic N) is 3. The molecule has 0 atom stereocenters. The van der Waals surface area contributed by atoms with Crippen molar-refractivity contribution in [3.8, 4) is 5.75 Å². The number of aromatic nitrogens is 1. The van der Waals surface area contributed by atoms with E-state index in [4.69, 9.17) is 4.74 Å². The minimum absolute atomic E-state index is 0.0558. The third kappa shape index (κ3) is 3.65. The Morgan fingerprint density at radius 3 is 2.52 bits per heavy atom. The van der Waals surface area contributed by atoms with Gasteiger partial charge in [-0.15, -0.1) is 0 Å². The van der Waals surface area contributed by atoms with Gasteiger partial charge in [-0.3, -0.25) is 14.6 Å². The van der Waals surface area contributed by atoms with Crippen LogP contribution < -0.4 is 4.74 Å². The van der Waals surface area contributed by atoms with E-state index in [1.807, 2.05) is 36.1 Å². The van der Waals surface area contributed by atoms with Gasteiger partial charge in [0.25, 0.3) is 11.8 Å². The molecule has 0 N–H and O–H groups in total. The molecule has 0 bridgehead atoms. The Labute approximate surface area is 158 Å². The molecule has 0 spiro atoms. The Bertz CT molecular complexity index is 875. The number of amides is 2. The van der Waals surface area contributed by atoms with Crippen LogP contribution in [0.25, 0.3) is 0 Å². The van der Waals surface area contributed by atoms with E-state index in [1.54, 1.807) is 17.3 Å². The van der Waals surface area contributed by atoms with E-state index < -0.39 is 0 Å². The van der Waals surface area contributed by atoms with E-state index in [2.05, 4.69) is 4.98 Å². The molecule has 1 saturated heterocycles. The Hall–Kier alpha value is -2.89. The van der Waals surface area contributed by atoms with Crippen molar-refractivity contribution in [1.82, 2.24) is 14.8 Å². The van der Waals surface area contributed by atoms with Crippen LogP contribution in [0.2, 0.25) is 0 Å². The molecule has 27 heavy (non-hydrogen) atoms. The van der Waals surface area contributed by atoms with Gasteiger partial charge in [-0.05, 0) is 49.6 Å². The number of aryl methyl sites for hydroxylation is 1. The molecule has 0 saturated carbocycles. The van der Waals surface area contributed by atoms with Crippen LogP contribution >= 0.6 is 0 Å². The van der Waals surface area contributed by atoms with Gasteiger partial charge in [-0.2, -0.15) is 0 Å². The first-order valence-corrected chi connectivity index (χ1v) is 9.38. The van der Waals surface area contributed by atoms with Gasteiger partial charge < -0.3 is 14.5 Å². The third-order valence-electron chi connectivity index (χ3n) is 5.09. The van der Waals surface area contributed by atoms with Crippen LogP contribution in [0, 0.1) is 6.92 Å². The van der Waals surface area contributed by atoms with Crippen molar-refractivity contribution in [3.63, 3.8) is 0 Å². The molecular weight excluding hydrogens is 342 g/mol. The van der Waals surface area contributed by atoms with Crippen LogP contribution in [0.15, 0.2) is 36.7 Å². The van der Waals surface area contributed by atoms with E-state index in [1.165, 1.54) is 0 Å². The maximum absolute atomic E-state index is 12.9. The summed E-state index contributed by atoms with van der Waals surface area (Å²) < 4.78 is 5.81. The van der Waals surface area contributed by atoms with Gasteiger partial charge in [0.15, 0.2) is 0 Å². The van der Waals surface area contributed by atoms with Gasteiger partial charge in [0.2, 0.25) is 0 Å². The molecule has 0 aliphatic carbocycles. The number of hydrogen-bond acceptors (Lipinski definition) is 4. The second-order valence-corrected chi connectivity index (χ2v) is 7.15. The van der Waals surface area contributed by atoms with E-state index >= 15 is 0 Å². The highest BCUT2D eigenvalue weighted by molar-refractivity contribution is 5.95. The summed E-state index contributed by atoms with van der Waals surface area (Å²) in [4.78, 5) is 33.4. The number of carbonyl (C=O) groups excluding carboxylic acids is 2. The van der Waals surface area contributed by atoms with Gasteiger partial charge in [0.05, 0.1) is 12.1 Å². The first-order valence-electron chi connectivity index (χ1n) is 9.38. The zero-order valence-electron chi connectivity index (χ0n) is 15.5. The van der Waals surface area contributed by atoms with Crippen molar-refractivity contribution in [3.05, 3.63) is 58.9 Å². The fourth-order valence-corrected chi connectivity index (χ4v) is 3.66. The predicted octanol–water partition coefficient (Wildman–Crippen LogP) is 2.66. The second-order valence-electron chi connectivity index (χ2n) is 7.15. The molecule has 0 unspecified atom stereocenters. The summed E-state index contributed by atoms with van der Waals surface area (Å²) in [7, 11) is 0. The number of pyridine rings is 1. The molecule has 1 fully saturated rings. The standard InChI is InChI=1S/C21H23N3O3/c1-15-10-17(13-22-12-15)21(26)24-8-9-27-19-5-4-16(11-18(19)14-24)20(25)23-6-2-3-7-23/h4-5,10-13H,2-3,6-9,14H2,1H3. The lowest BCUT2D eigenvalue weighted by molar-refractivity contribution is 0.0732. The molecular formula is C21H23N3O3. The zero-order valence-corrected chi connectivity index (χ0v) is 15.5. The zero-order chi connectivity index (χ0) is 18.8. The predicted molar refractivity (Wildman–Crippen MR) is 101 cm³/mol. The minimum Gasteiger partial charge on any atom is -0.491 e. The summed E-state index contributed by atoms with van der Waals surface area (Å²) in [6.45, 7) is 4.90. The molecule has 6 nitrogen and oxygen atoms in total. The SMILES string of the molecule is Cc1cncc(C(=O)N2CCOc3ccc(C(=O)N4CCCC4)cc3C2)c1. The average molecular weight is 365 g/mol. The fraction of sp³-hybridized carbons (Fsp3) is 0.381. The first kappa shape index (κ1) is 17.5. The average Bonchev–Trinajstić information content (AvgIpc) is 3.13. The Morgan fingerprint density at radius 2 is 1.74 bits per heavy atom. The van der Waals surface area contributed by atoms with Crippen molar-refractivity contribution < 1.29 is 14.3 Å². The summed E-state index contributed by atoms with van der Waals surface area (Å²) >= 11 is 0. The number of fused-ring (bicyclic) bond motifs is 1. The Morgan fingerprint density at radius 1 is 0.963 bits per heavy atom. The van der Waals surface area contributed by atoms with Gasteiger partial charge in [-0.25, -0.2) is 0 Å². The highest BCUT2D eigenvalue weighted by Crippen LogP contribution is 2.26. The normalized spacial score (nSPS) is 16.5. The Balaban J connectivity index is 1.58. The van der Waals surface area contributed by atoms with Crippen molar-refractivity contribution >= 4 is 11.8 Å². The summed E-state index contributed by atoms with van der Waals surface area (Å²) in [6.07, 6.45) is 5.45. The van der Waals surface area contributed by atoms with Gasteiger partial charge >= 0.3 is 0 Å². The number of likely N-dealkylation sites (tertiary alicyclic amines) is 1. The lowest BCUT2D eigenvalue weighted by Gasteiger charge is -2.20. The minimum atomic E-state index is -0.0704. The van der Waals surface area contributed by atoms with E-state index in [-0.39, 0.29) is 11.8 Å². The van der Waals surface area contributed by atoms with Crippen LogP contribution in [0.3, 0.4) is 0 Å². The quantitative estimate of drug-likeness (QED) is 0.821. The summed E-state index contributed by atoms with van der Waals surface area (Å²) in [6, 6.07) is 7.38. The molecule has 2 aliphatic heterocycles. The molecule has 6 heteroatoms. The molecule has 1 aromatic carbocycles. The topological polar surface area (TPSA) is 62.7 Å². The number of rotatable bonds is 2. The van der Waals surface area contributed by atoms with Gasteiger partial charge in [-0.1, -0.05) is 0 Å². The molecule has 2 aliphatic rings. The van der Waals surface area contributed by atoms with E-state index in [9.17, 15) is 9.59 Å². The molecule has 140 valence electrons. The summed E-state index contributed by atoms with van der Waals surface area (Å²) in [5, 5.41) is 0. The van der Waals surface area contributed by atoms with Crippen LogP contribution in [0.4, 0.5) is 0 Å². The monoisotopic (exact) mass is 365 g/mol.